The first-order chi connectivity index (χ1) is 14.1. The van der Waals surface area contributed by atoms with Gasteiger partial charge in [-0.15, -0.1) is 0 Å². The molecule has 1 aromatic heterocycles. The Morgan fingerprint density at radius 2 is 1.77 bits per heavy atom. The van der Waals surface area contributed by atoms with E-state index in [-0.39, 0.29) is 23.8 Å². The molecule has 2 amide bonds. The zero-order valence-electron chi connectivity index (χ0n) is 19.3. The second-order valence-electron chi connectivity index (χ2n) is 9.02. The first-order valence-corrected chi connectivity index (χ1v) is 10.8. The average molecular weight is 413 g/mol. The van der Waals surface area contributed by atoms with Crippen LogP contribution >= 0.6 is 0 Å². The van der Waals surface area contributed by atoms with Crippen molar-refractivity contribution in [3.63, 3.8) is 0 Å². The van der Waals surface area contributed by atoms with E-state index in [9.17, 15) is 9.59 Å². The van der Waals surface area contributed by atoms with E-state index in [0.717, 1.165) is 42.6 Å². The first-order valence-electron chi connectivity index (χ1n) is 10.8. The lowest BCUT2D eigenvalue weighted by atomic mass is 9.92. The van der Waals surface area contributed by atoms with Crippen molar-refractivity contribution in [3.05, 3.63) is 41.6 Å². The molecule has 0 bridgehead atoms. The number of likely N-dealkylation sites (N-methyl/N-ethyl adjacent to an activating group) is 1. The standard InChI is InChI=1S/C24H36N4O2/c1-7-8-9-10-11-23(30)27(6)17-22(29)25-21-16-20(24(3,4)5)26-28(21)19-14-12-18(2)13-15-19/h12-16H,7-11,17H2,1-6H3,(H,25,29). The fourth-order valence-electron chi connectivity index (χ4n) is 3.10. The Hall–Kier alpha value is -2.63. The van der Waals surface area contributed by atoms with Gasteiger partial charge in [-0.05, 0) is 25.5 Å². The minimum atomic E-state index is -0.229. The van der Waals surface area contributed by atoms with Gasteiger partial charge in [-0.1, -0.05) is 64.7 Å². The number of nitrogens with zero attached hydrogens (tertiary/aromatic N) is 3. The largest absolute Gasteiger partial charge is 0.336 e. The number of aryl methyl sites for hydroxylation is 1. The van der Waals surface area contributed by atoms with E-state index in [1.165, 1.54) is 4.90 Å². The predicted octanol–water partition coefficient (Wildman–Crippen LogP) is 4.85. The van der Waals surface area contributed by atoms with E-state index in [2.05, 4.69) is 33.0 Å². The van der Waals surface area contributed by atoms with Crippen molar-refractivity contribution in [2.45, 2.75) is 72.1 Å². The number of hydrogen-bond acceptors (Lipinski definition) is 3. The van der Waals surface area contributed by atoms with E-state index in [1.54, 1.807) is 11.7 Å². The molecule has 0 aliphatic heterocycles. The molecule has 0 aliphatic carbocycles. The molecule has 6 heteroatoms. The molecule has 0 saturated heterocycles. The van der Waals surface area contributed by atoms with Gasteiger partial charge in [0.05, 0.1) is 17.9 Å². The van der Waals surface area contributed by atoms with Gasteiger partial charge in [0.15, 0.2) is 0 Å². The smallest absolute Gasteiger partial charge is 0.245 e. The lowest BCUT2D eigenvalue weighted by Gasteiger charge is -2.17. The van der Waals surface area contributed by atoms with Gasteiger partial charge < -0.3 is 10.2 Å². The van der Waals surface area contributed by atoms with Crippen LogP contribution in [0.15, 0.2) is 30.3 Å². The van der Waals surface area contributed by atoms with Crippen molar-refractivity contribution in [2.24, 2.45) is 0 Å². The fraction of sp³-hybridized carbons (Fsp3) is 0.542. The Balaban J connectivity index is 2.10. The Labute approximate surface area is 180 Å². The van der Waals surface area contributed by atoms with Crippen LogP contribution in [-0.4, -0.2) is 40.1 Å². The number of amides is 2. The molecular formula is C24H36N4O2. The second kappa shape index (κ2) is 10.4. The predicted molar refractivity (Wildman–Crippen MR) is 122 cm³/mol. The van der Waals surface area contributed by atoms with Crippen LogP contribution in [0.5, 0.6) is 0 Å². The summed E-state index contributed by atoms with van der Waals surface area (Å²) >= 11 is 0. The molecule has 1 heterocycles. The summed E-state index contributed by atoms with van der Waals surface area (Å²) < 4.78 is 1.75. The molecule has 0 spiro atoms. The third-order valence-electron chi connectivity index (χ3n) is 5.07. The maximum atomic E-state index is 12.7. The maximum absolute atomic E-state index is 12.7. The second-order valence-corrected chi connectivity index (χ2v) is 9.02. The molecule has 2 aromatic rings. The third kappa shape index (κ3) is 6.71. The maximum Gasteiger partial charge on any atom is 0.245 e. The van der Waals surface area contributed by atoms with Crippen LogP contribution in [0.4, 0.5) is 5.82 Å². The molecule has 0 fully saturated rings. The summed E-state index contributed by atoms with van der Waals surface area (Å²) in [6.45, 7) is 10.5. The molecule has 1 aromatic carbocycles. The van der Waals surface area contributed by atoms with Crippen molar-refractivity contribution >= 4 is 17.6 Å². The summed E-state index contributed by atoms with van der Waals surface area (Å²) in [5.74, 6) is 0.384. The van der Waals surface area contributed by atoms with Gasteiger partial charge in [-0.2, -0.15) is 5.10 Å². The summed E-state index contributed by atoms with van der Waals surface area (Å²) in [6.07, 6.45) is 4.68. The fourth-order valence-corrected chi connectivity index (χ4v) is 3.10. The highest BCUT2D eigenvalue weighted by atomic mass is 16.2. The number of hydrogen-bond donors (Lipinski definition) is 1. The van der Waals surface area contributed by atoms with E-state index in [4.69, 9.17) is 5.10 Å². The zero-order chi connectivity index (χ0) is 22.3. The summed E-state index contributed by atoms with van der Waals surface area (Å²) in [5.41, 5.74) is 2.78. The summed E-state index contributed by atoms with van der Waals surface area (Å²) in [6, 6.07) is 9.91. The third-order valence-corrected chi connectivity index (χ3v) is 5.07. The first kappa shape index (κ1) is 23.6. The monoisotopic (exact) mass is 412 g/mol. The van der Waals surface area contributed by atoms with Crippen LogP contribution in [0, 0.1) is 6.92 Å². The molecular weight excluding hydrogens is 376 g/mol. The number of rotatable bonds is 9. The summed E-state index contributed by atoms with van der Waals surface area (Å²) in [4.78, 5) is 26.4. The van der Waals surface area contributed by atoms with Crippen molar-refractivity contribution < 1.29 is 9.59 Å². The van der Waals surface area contributed by atoms with Gasteiger partial charge in [-0.3, -0.25) is 9.59 Å². The number of unbranched alkanes of at least 4 members (excludes halogenated alkanes) is 3. The van der Waals surface area contributed by atoms with Crippen molar-refractivity contribution in [3.8, 4) is 5.69 Å². The SMILES string of the molecule is CCCCCCC(=O)N(C)CC(=O)Nc1cc(C(C)(C)C)nn1-c1ccc(C)cc1. The highest BCUT2D eigenvalue weighted by molar-refractivity contribution is 5.94. The minimum Gasteiger partial charge on any atom is -0.336 e. The quantitative estimate of drug-likeness (QED) is 0.599. The summed E-state index contributed by atoms with van der Waals surface area (Å²) in [5, 5.41) is 7.67. The number of anilines is 1. The lowest BCUT2D eigenvalue weighted by Crippen LogP contribution is -2.35. The molecule has 2 rings (SSSR count). The topological polar surface area (TPSA) is 67.2 Å². The highest BCUT2D eigenvalue weighted by Crippen LogP contribution is 2.26. The van der Waals surface area contributed by atoms with Crippen LogP contribution in [0.1, 0.15) is 71.1 Å². The van der Waals surface area contributed by atoms with Gasteiger partial charge in [0, 0.05) is 24.9 Å². The Morgan fingerprint density at radius 3 is 2.37 bits per heavy atom. The van der Waals surface area contributed by atoms with Crippen LogP contribution in [0.3, 0.4) is 0 Å². The Kier molecular flexibility index (Phi) is 8.21. The number of aromatic nitrogens is 2. The zero-order valence-corrected chi connectivity index (χ0v) is 19.3. The number of benzene rings is 1. The molecule has 0 atom stereocenters. The molecule has 30 heavy (non-hydrogen) atoms. The van der Waals surface area contributed by atoms with Gasteiger partial charge >= 0.3 is 0 Å². The average Bonchev–Trinajstić information content (AvgIpc) is 3.09. The molecule has 6 nitrogen and oxygen atoms in total. The van der Waals surface area contributed by atoms with Crippen LogP contribution in [0.25, 0.3) is 5.69 Å². The van der Waals surface area contributed by atoms with E-state index in [1.807, 2.05) is 37.3 Å². The highest BCUT2D eigenvalue weighted by Gasteiger charge is 2.22. The van der Waals surface area contributed by atoms with Crippen LogP contribution in [-0.2, 0) is 15.0 Å². The molecule has 0 saturated carbocycles. The summed E-state index contributed by atoms with van der Waals surface area (Å²) in [7, 11) is 1.68. The normalized spacial score (nSPS) is 11.4. The molecule has 0 unspecified atom stereocenters. The Bertz CT molecular complexity index is 847. The molecule has 1 N–H and O–H groups in total. The van der Waals surface area contributed by atoms with Gasteiger partial charge in [0.2, 0.25) is 11.8 Å². The van der Waals surface area contributed by atoms with Gasteiger partial charge in [0.25, 0.3) is 0 Å². The number of nitrogens with one attached hydrogen (secondary N) is 1. The van der Waals surface area contributed by atoms with Crippen LogP contribution < -0.4 is 5.32 Å². The molecule has 0 radical (unpaired) electrons. The lowest BCUT2D eigenvalue weighted by molar-refractivity contribution is -0.133. The van der Waals surface area contributed by atoms with E-state index in [0.29, 0.717) is 12.2 Å². The molecule has 0 aliphatic rings. The minimum absolute atomic E-state index is 0.00340. The van der Waals surface area contributed by atoms with E-state index >= 15 is 0 Å². The van der Waals surface area contributed by atoms with Crippen molar-refractivity contribution in [2.75, 3.05) is 18.9 Å². The number of carbonyl (C=O) groups is 2. The number of carbonyl (C=O) groups excluding carboxylic acids is 2. The van der Waals surface area contributed by atoms with Crippen molar-refractivity contribution in [1.29, 1.82) is 0 Å². The van der Waals surface area contributed by atoms with Gasteiger partial charge in [-0.25, -0.2) is 4.68 Å². The van der Waals surface area contributed by atoms with E-state index < -0.39 is 0 Å². The van der Waals surface area contributed by atoms with Crippen molar-refractivity contribution in [1.82, 2.24) is 14.7 Å². The van der Waals surface area contributed by atoms with Crippen LogP contribution in [0.2, 0.25) is 0 Å². The van der Waals surface area contributed by atoms with Gasteiger partial charge in [0.1, 0.15) is 5.82 Å². The molecule has 164 valence electrons. The Morgan fingerprint density at radius 1 is 1.10 bits per heavy atom.